The molecule has 1 saturated carbocycles. The van der Waals surface area contributed by atoms with Crippen LogP contribution >= 0.6 is 0 Å². The summed E-state index contributed by atoms with van der Waals surface area (Å²) in [5.41, 5.74) is 8.81. The van der Waals surface area contributed by atoms with E-state index in [1.807, 2.05) is 6.20 Å². The van der Waals surface area contributed by atoms with Crippen molar-refractivity contribution in [1.82, 2.24) is 4.98 Å². The lowest BCUT2D eigenvalue weighted by molar-refractivity contribution is 0.710. The van der Waals surface area contributed by atoms with Crippen LogP contribution in [-0.4, -0.2) is 11.5 Å². The number of nitrogens with two attached hydrogens (primary N) is 1. The van der Waals surface area contributed by atoms with E-state index < -0.39 is 0 Å². The third-order valence-corrected chi connectivity index (χ3v) is 3.40. The molecule has 2 heteroatoms. The molecular weight excluding hydrogens is 172 g/mol. The molecule has 0 saturated heterocycles. The summed E-state index contributed by atoms with van der Waals surface area (Å²) in [7, 11) is 0. The largest absolute Gasteiger partial charge is 0.361 e. The molecule has 0 amide bonds. The molecule has 1 aliphatic carbocycles. The van der Waals surface area contributed by atoms with Crippen LogP contribution in [0.2, 0.25) is 0 Å². The molecule has 1 fully saturated rings. The zero-order valence-corrected chi connectivity index (χ0v) is 8.09. The average Bonchev–Trinajstić information content (AvgIpc) is 2.87. The highest BCUT2D eigenvalue weighted by molar-refractivity contribution is 5.84. The summed E-state index contributed by atoms with van der Waals surface area (Å²) in [6.07, 6.45) is 4.48. The monoisotopic (exact) mass is 186 g/mol. The topological polar surface area (TPSA) is 41.8 Å². The molecule has 1 aliphatic rings. The van der Waals surface area contributed by atoms with E-state index in [1.54, 1.807) is 0 Å². The van der Waals surface area contributed by atoms with Crippen molar-refractivity contribution < 1.29 is 0 Å². The van der Waals surface area contributed by atoms with E-state index >= 15 is 0 Å². The maximum Gasteiger partial charge on any atom is 0.0492 e. The van der Waals surface area contributed by atoms with Gasteiger partial charge in [-0.15, -0.1) is 0 Å². The molecule has 0 atom stereocenters. The molecule has 3 N–H and O–H groups in total. The van der Waals surface area contributed by atoms with Gasteiger partial charge in [0.25, 0.3) is 0 Å². The van der Waals surface area contributed by atoms with Crippen molar-refractivity contribution in [3.63, 3.8) is 0 Å². The van der Waals surface area contributed by atoms with Gasteiger partial charge in [-0.1, -0.05) is 18.2 Å². The van der Waals surface area contributed by atoms with Gasteiger partial charge in [0.1, 0.15) is 0 Å². The van der Waals surface area contributed by atoms with Gasteiger partial charge in [0, 0.05) is 23.7 Å². The first kappa shape index (κ1) is 8.06. The number of nitrogens with one attached hydrogen (secondary N) is 1. The second kappa shape index (κ2) is 2.61. The van der Waals surface area contributed by atoms with Crippen molar-refractivity contribution in [2.45, 2.75) is 18.3 Å². The highest BCUT2D eigenvalue weighted by atomic mass is 14.7. The summed E-state index contributed by atoms with van der Waals surface area (Å²) in [4.78, 5) is 3.31. The quantitative estimate of drug-likeness (QED) is 0.741. The Morgan fingerprint density at radius 3 is 2.86 bits per heavy atom. The Balaban J connectivity index is 2.25. The fourth-order valence-corrected chi connectivity index (χ4v) is 2.26. The van der Waals surface area contributed by atoms with Crippen LogP contribution in [0.5, 0.6) is 0 Å². The fourth-order valence-electron chi connectivity index (χ4n) is 2.26. The lowest BCUT2D eigenvalue weighted by Crippen LogP contribution is -2.19. The van der Waals surface area contributed by atoms with Crippen molar-refractivity contribution >= 4 is 10.9 Å². The number of aromatic amines is 1. The van der Waals surface area contributed by atoms with Gasteiger partial charge in [-0.25, -0.2) is 0 Å². The molecule has 1 aromatic carbocycles. The summed E-state index contributed by atoms with van der Waals surface area (Å²) in [5.74, 6) is 0. The highest BCUT2D eigenvalue weighted by Crippen LogP contribution is 2.48. The van der Waals surface area contributed by atoms with Crippen LogP contribution in [0.15, 0.2) is 30.5 Å². The van der Waals surface area contributed by atoms with Gasteiger partial charge in [-0.2, -0.15) is 0 Å². The highest BCUT2D eigenvalue weighted by Gasteiger charge is 2.43. The number of hydrogen-bond acceptors (Lipinski definition) is 1. The normalized spacial score (nSPS) is 18.6. The van der Waals surface area contributed by atoms with Gasteiger partial charge >= 0.3 is 0 Å². The third kappa shape index (κ3) is 0.946. The van der Waals surface area contributed by atoms with Crippen LogP contribution in [0.1, 0.15) is 18.4 Å². The van der Waals surface area contributed by atoms with E-state index in [0.29, 0.717) is 0 Å². The minimum absolute atomic E-state index is 0.282. The Hall–Kier alpha value is -1.28. The van der Waals surface area contributed by atoms with Gasteiger partial charge in [-0.05, 0) is 29.9 Å². The van der Waals surface area contributed by atoms with Crippen LogP contribution in [0.3, 0.4) is 0 Å². The molecule has 1 aromatic heterocycles. The summed E-state index contributed by atoms with van der Waals surface area (Å²) < 4.78 is 0. The minimum atomic E-state index is 0.282. The predicted octanol–water partition coefficient (Wildman–Crippen LogP) is 2.16. The zero-order chi connectivity index (χ0) is 9.60. The van der Waals surface area contributed by atoms with Gasteiger partial charge in [0.2, 0.25) is 0 Å². The number of aromatic nitrogens is 1. The van der Waals surface area contributed by atoms with Crippen molar-refractivity contribution in [2.24, 2.45) is 5.73 Å². The molecule has 14 heavy (non-hydrogen) atoms. The first-order chi connectivity index (χ1) is 6.86. The molecule has 2 nitrogen and oxygen atoms in total. The fraction of sp³-hybridized carbons (Fsp3) is 0.333. The van der Waals surface area contributed by atoms with Crippen LogP contribution in [-0.2, 0) is 5.41 Å². The number of para-hydroxylation sites is 1. The van der Waals surface area contributed by atoms with Gasteiger partial charge < -0.3 is 10.7 Å². The average molecular weight is 186 g/mol. The Bertz CT molecular complexity index is 466. The first-order valence-electron chi connectivity index (χ1n) is 5.12. The van der Waals surface area contributed by atoms with E-state index in [9.17, 15) is 0 Å². The first-order valence-corrected chi connectivity index (χ1v) is 5.12. The number of rotatable bonds is 2. The SMILES string of the molecule is NCC1(c2cccc3cc[nH]c23)CC1. The lowest BCUT2D eigenvalue weighted by atomic mass is 9.94. The summed E-state index contributed by atoms with van der Waals surface area (Å²) in [6.45, 7) is 0.769. The Morgan fingerprint density at radius 1 is 1.29 bits per heavy atom. The number of H-pyrrole nitrogens is 1. The van der Waals surface area contributed by atoms with Gasteiger partial charge in [-0.3, -0.25) is 0 Å². The van der Waals surface area contributed by atoms with E-state index in [0.717, 1.165) is 6.54 Å². The molecule has 0 unspecified atom stereocenters. The number of fused-ring (bicyclic) bond motifs is 1. The molecule has 0 radical (unpaired) electrons. The van der Waals surface area contributed by atoms with Crippen LogP contribution < -0.4 is 5.73 Å². The second-order valence-corrected chi connectivity index (χ2v) is 4.23. The number of benzene rings is 1. The standard InChI is InChI=1S/C12H14N2/c13-8-12(5-6-12)10-3-1-2-9-4-7-14-11(9)10/h1-4,7,14H,5-6,8,13H2. The Kier molecular flexibility index (Phi) is 1.50. The molecule has 0 spiro atoms. The van der Waals surface area contributed by atoms with E-state index in [4.69, 9.17) is 5.73 Å². The van der Waals surface area contributed by atoms with E-state index in [1.165, 1.54) is 29.3 Å². The molecule has 1 heterocycles. The molecule has 72 valence electrons. The predicted molar refractivity (Wildman–Crippen MR) is 58.3 cm³/mol. The number of hydrogen-bond donors (Lipinski definition) is 2. The Labute approximate surface area is 83.1 Å². The minimum Gasteiger partial charge on any atom is -0.361 e. The van der Waals surface area contributed by atoms with E-state index in [2.05, 4.69) is 29.2 Å². The zero-order valence-electron chi connectivity index (χ0n) is 8.09. The smallest absolute Gasteiger partial charge is 0.0492 e. The lowest BCUT2D eigenvalue weighted by Gasteiger charge is -2.13. The third-order valence-electron chi connectivity index (χ3n) is 3.40. The van der Waals surface area contributed by atoms with Gasteiger partial charge in [0.15, 0.2) is 0 Å². The summed E-state index contributed by atoms with van der Waals surface area (Å²) >= 11 is 0. The molecule has 0 aliphatic heterocycles. The summed E-state index contributed by atoms with van der Waals surface area (Å²) in [6, 6.07) is 8.59. The van der Waals surface area contributed by atoms with Crippen LogP contribution in [0, 0.1) is 0 Å². The van der Waals surface area contributed by atoms with E-state index in [-0.39, 0.29) is 5.41 Å². The van der Waals surface area contributed by atoms with Crippen molar-refractivity contribution in [3.05, 3.63) is 36.0 Å². The molecule has 2 aromatic rings. The van der Waals surface area contributed by atoms with Crippen LogP contribution in [0.4, 0.5) is 0 Å². The maximum absolute atomic E-state index is 5.85. The summed E-state index contributed by atoms with van der Waals surface area (Å²) in [5, 5.41) is 1.29. The Morgan fingerprint density at radius 2 is 2.14 bits per heavy atom. The molecule has 3 rings (SSSR count). The van der Waals surface area contributed by atoms with Crippen molar-refractivity contribution in [3.8, 4) is 0 Å². The van der Waals surface area contributed by atoms with Crippen molar-refractivity contribution in [1.29, 1.82) is 0 Å². The van der Waals surface area contributed by atoms with Gasteiger partial charge in [0.05, 0.1) is 0 Å². The van der Waals surface area contributed by atoms with Crippen LogP contribution in [0.25, 0.3) is 10.9 Å². The maximum atomic E-state index is 5.85. The second-order valence-electron chi connectivity index (χ2n) is 4.23. The molecular formula is C12H14N2. The van der Waals surface area contributed by atoms with Crippen molar-refractivity contribution in [2.75, 3.05) is 6.54 Å². The molecule has 0 bridgehead atoms.